The Balaban J connectivity index is 1.01. The van der Waals surface area contributed by atoms with E-state index in [0.29, 0.717) is 11.4 Å². The highest BCUT2D eigenvalue weighted by atomic mass is 16.3. The summed E-state index contributed by atoms with van der Waals surface area (Å²) in [6.45, 7) is 13.6. The number of pyridine rings is 2. The van der Waals surface area contributed by atoms with E-state index in [9.17, 15) is 0 Å². The van der Waals surface area contributed by atoms with Gasteiger partial charge in [-0.15, -0.1) is 0 Å². The Labute approximate surface area is 485 Å². The molecule has 0 atom stereocenters. The molecule has 0 amide bonds. The molecular formula is C77H56N4O3. The van der Waals surface area contributed by atoms with Crippen LogP contribution in [-0.2, 0) is 16.2 Å². The summed E-state index contributed by atoms with van der Waals surface area (Å²) in [5.74, 6) is 0. The topological polar surface area (TPSA) is 71.7 Å². The van der Waals surface area contributed by atoms with Gasteiger partial charge in [0.15, 0.2) is 0 Å². The monoisotopic (exact) mass is 1080 g/mol. The van der Waals surface area contributed by atoms with Gasteiger partial charge in [-0.25, -0.2) is 9.97 Å². The molecule has 2 aliphatic carbocycles. The van der Waals surface area contributed by atoms with Crippen LogP contribution in [0.3, 0.4) is 0 Å². The molecule has 0 aliphatic heterocycles. The lowest BCUT2D eigenvalue weighted by atomic mass is 9.70. The van der Waals surface area contributed by atoms with E-state index in [0.717, 1.165) is 116 Å². The van der Waals surface area contributed by atoms with Crippen LogP contribution in [0.5, 0.6) is 0 Å². The fourth-order valence-corrected chi connectivity index (χ4v) is 14.2. The second kappa shape index (κ2) is 17.4. The minimum Gasteiger partial charge on any atom is -0.455 e. The SMILES string of the molecule is CC(C)(C)c1ccc(N(c2ccc3c(c2)oc2ncccc23)c2cc3c(c4ccccc24)-c2c(cc(N(c4ccc(C(C)(C)C)cc4)c4ccc5c(c4)oc4ncccc45)c4c2oc2ccccc24)C32c3ccccc3-c3ccccc32)cc1. The molecule has 10 aromatic carbocycles. The normalized spacial score (nSPS) is 13.5. The molecule has 15 aromatic rings. The van der Waals surface area contributed by atoms with Gasteiger partial charge in [-0.3, -0.25) is 0 Å². The van der Waals surface area contributed by atoms with Gasteiger partial charge in [-0.1, -0.05) is 157 Å². The number of para-hydroxylation sites is 1. The highest BCUT2D eigenvalue weighted by Crippen LogP contribution is 2.67. The predicted octanol–water partition coefficient (Wildman–Crippen LogP) is 21.2. The van der Waals surface area contributed by atoms with Crippen molar-refractivity contribution in [3.05, 3.63) is 264 Å². The molecule has 0 saturated carbocycles. The molecule has 7 heteroatoms. The first-order valence-electron chi connectivity index (χ1n) is 29.0. The first-order valence-corrected chi connectivity index (χ1v) is 29.0. The smallest absolute Gasteiger partial charge is 0.227 e. The zero-order valence-electron chi connectivity index (χ0n) is 47.5. The fourth-order valence-electron chi connectivity index (χ4n) is 14.2. The first-order chi connectivity index (χ1) is 40.9. The molecule has 0 unspecified atom stereocenters. The lowest BCUT2D eigenvalue weighted by molar-refractivity contribution is 0.590. The molecule has 5 heterocycles. The molecule has 0 fully saturated rings. The van der Waals surface area contributed by atoms with E-state index in [4.69, 9.17) is 13.3 Å². The summed E-state index contributed by atoms with van der Waals surface area (Å²) in [6.07, 6.45) is 3.58. The molecule has 84 heavy (non-hydrogen) atoms. The van der Waals surface area contributed by atoms with E-state index >= 15 is 0 Å². The Morgan fingerprint density at radius 2 is 0.798 bits per heavy atom. The maximum atomic E-state index is 7.56. The van der Waals surface area contributed by atoms with Crippen molar-refractivity contribution in [1.82, 2.24) is 9.97 Å². The summed E-state index contributed by atoms with van der Waals surface area (Å²) in [7, 11) is 0. The van der Waals surface area contributed by atoms with Crippen LogP contribution in [0, 0.1) is 0 Å². The van der Waals surface area contributed by atoms with Crippen molar-refractivity contribution in [2.75, 3.05) is 9.80 Å². The van der Waals surface area contributed by atoms with E-state index in [-0.39, 0.29) is 10.8 Å². The van der Waals surface area contributed by atoms with Crippen molar-refractivity contribution < 1.29 is 13.3 Å². The van der Waals surface area contributed by atoms with Crippen LogP contribution >= 0.6 is 0 Å². The Kier molecular flexibility index (Phi) is 10.0. The average Bonchev–Trinajstić information content (AvgIpc) is 1.50. The Morgan fingerprint density at radius 1 is 0.345 bits per heavy atom. The molecular weight excluding hydrogens is 1030 g/mol. The van der Waals surface area contributed by atoms with Gasteiger partial charge in [0.25, 0.3) is 0 Å². The summed E-state index contributed by atoms with van der Waals surface area (Å²) >= 11 is 0. The molecule has 402 valence electrons. The van der Waals surface area contributed by atoms with E-state index in [1.165, 1.54) is 38.9 Å². The fraction of sp³-hybridized carbons (Fsp3) is 0.117. The summed E-state index contributed by atoms with van der Waals surface area (Å²) in [5.41, 5.74) is 21.5. The Hall–Kier alpha value is -10.2. The largest absolute Gasteiger partial charge is 0.455 e. The maximum Gasteiger partial charge on any atom is 0.227 e. The van der Waals surface area contributed by atoms with Crippen LogP contribution in [-0.4, -0.2) is 9.97 Å². The number of rotatable bonds is 6. The van der Waals surface area contributed by atoms with Crippen molar-refractivity contribution >= 4 is 111 Å². The summed E-state index contributed by atoms with van der Waals surface area (Å²) < 4.78 is 20.8. The third-order valence-corrected chi connectivity index (χ3v) is 18.1. The van der Waals surface area contributed by atoms with Crippen LogP contribution in [0.15, 0.2) is 244 Å². The van der Waals surface area contributed by atoms with Gasteiger partial charge in [0.1, 0.15) is 22.3 Å². The van der Waals surface area contributed by atoms with E-state index in [1.807, 2.05) is 12.1 Å². The van der Waals surface area contributed by atoms with Gasteiger partial charge in [0.05, 0.1) is 22.2 Å². The number of hydrogen-bond acceptors (Lipinski definition) is 7. The van der Waals surface area contributed by atoms with Crippen LogP contribution < -0.4 is 9.80 Å². The average molecular weight is 1090 g/mol. The Morgan fingerprint density at radius 3 is 1.36 bits per heavy atom. The zero-order chi connectivity index (χ0) is 56.4. The van der Waals surface area contributed by atoms with Gasteiger partial charge >= 0.3 is 0 Å². The van der Waals surface area contributed by atoms with Gasteiger partial charge in [-0.05, 0) is 157 Å². The molecule has 7 nitrogen and oxygen atoms in total. The van der Waals surface area contributed by atoms with Crippen molar-refractivity contribution in [3.63, 3.8) is 0 Å². The zero-order valence-corrected chi connectivity index (χ0v) is 47.5. The lowest BCUT2D eigenvalue weighted by Crippen LogP contribution is -2.26. The third-order valence-electron chi connectivity index (χ3n) is 18.1. The summed E-state index contributed by atoms with van der Waals surface area (Å²) in [4.78, 5) is 14.2. The molecule has 5 aromatic heterocycles. The second-order valence-corrected chi connectivity index (χ2v) is 24.9. The highest BCUT2D eigenvalue weighted by Gasteiger charge is 2.54. The van der Waals surface area contributed by atoms with Crippen LogP contribution in [0.1, 0.15) is 74.9 Å². The van der Waals surface area contributed by atoms with E-state index < -0.39 is 5.41 Å². The number of fused-ring (bicyclic) bond motifs is 22. The number of benzene rings is 10. The molecule has 17 rings (SSSR count). The van der Waals surface area contributed by atoms with Crippen LogP contribution in [0.2, 0.25) is 0 Å². The highest BCUT2D eigenvalue weighted by molar-refractivity contribution is 6.23. The van der Waals surface area contributed by atoms with E-state index in [1.54, 1.807) is 12.4 Å². The van der Waals surface area contributed by atoms with Gasteiger partial charge in [0.2, 0.25) is 11.4 Å². The number of aromatic nitrogens is 2. The Bertz CT molecular complexity index is 5200. The molecule has 0 saturated heterocycles. The molecule has 0 N–H and O–H groups in total. The maximum absolute atomic E-state index is 7.56. The summed E-state index contributed by atoms with van der Waals surface area (Å²) in [5, 5.41) is 8.31. The van der Waals surface area contributed by atoms with Crippen molar-refractivity contribution in [2.45, 2.75) is 57.8 Å². The predicted molar refractivity (Wildman–Crippen MR) is 344 cm³/mol. The third kappa shape index (κ3) is 6.81. The molecule has 1 spiro atoms. The van der Waals surface area contributed by atoms with Crippen LogP contribution in [0.25, 0.3) is 99.1 Å². The number of furan rings is 3. The lowest BCUT2D eigenvalue weighted by Gasteiger charge is -2.34. The van der Waals surface area contributed by atoms with Crippen molar-refractivity contribution in [2.24, 2.45) is 0 Å². The minimum absolute atomic E-state index is 0.0464. The first kappa shape index (κ1) is 48.5. The standard InChI is InChI=1S/C77H56N4O3/c1-75(2,3)45-27-31-47(32-28-45)80(49-35-37-54-57-22-15-39-78-73(57)83-67(54)41-49)64-43-62-69(56-20-8-7-19-53(56)64)71-63(77(62)60-24-12-9-17-51(60)52-18-10-13-25-61(52)77)44-65(70-59-21-11-14-26-66(59)82-72(70)71)81(48-33-29-46(30-34-48)76(4,5)6)50-36-38-55-58-23-16-40-79-74(58)84-68(55)42-50/h7-44H,1-6H3. The molecule has 0 bridgehead atoms. The minimum atomic E-state index is -0.829. The van der Waals surface area contributed by atoms with Gasteiger partial charge in [-0.2, -0.15) is 0 Å². The summed E-state index contributed by atoms with van der Waals surface area (Å²) in [6, 6.07) is 80.3. The number of anilines is 6. The van der Waals surface area contributed by atoms with Gasteiger partial charge < -0.3 is 23.1 Å². The van der Waals surface area contributed by atoms with E-state index in [2.05, 4.69) is 268 Å². The van der Waals surface area contributed by atoms with Gasteiger partial charge in [0, 0.05) is 85.2 Å². The molecule has 0 radical (unpaired) electrons. The molecule has 2 aliphatic rings. The number of hydrogen-bond donors (Lipinski definition) is 0. The number of nitrogens with zero attached hydrogens (tertiary/aromatic N) is 4. The van der Waals surface area contributed by atoms with Crippen LogP contribution in [0.4, 0.5) is 34.1 Å². The van der Waals surface area contributed by atoms with Crippen molar-refractivity contribution in [1.29, 1.82) is 0 Å². The second-order valence-electron chi connectivity index (χ2n) is 24.9. The quantitative estimate of drug-likeness (QED) is 0.164. The van der Waals surface area contributed by atoms with Crippen molar-refractivity contribution in [3.8, 4) is 22.3 Å².